The molecule has 0 fully saturated rings. The minimum absolute atomic E-state index is 0.138. The van der Waals surface area contributed by atoms with Crippen molar-refractivity contribution in [2.75, 3.05) is 46.4 Å². The Hall–Kier alpha value is -0.650. The second kappa shape index (κ2) is 11.2. The van der Waals surface area contributed by atoms with Gasteiger partial charge in [0.15, 0.2) is 0 Å². The fourth-order valence-corrected chi connectivity index (χ4v) is 2.07. The van der Waals surface area contributed by atoms with Gasteiger partial charge >= 0.3 is 0 Å². The van der Waals surface area contributed by atoms with Gasteiger partial charge in [0.2, 0.25) is 5.91 Å². The van der Waals surface area contributed by atoms with Gasteiger partial charge in [0.25, 0.3) is 0 Å². The van der Waals surface area contributed by atoms with Gasteiger partial charge in [0.05, 0.1) is 12.5 Å². The molecule has 114 valence electrons. The molecular formula is C14H31N3O2. The number of nitrogens with zero attached hydrogens (tertiary/aromatic N) is 2. The number of rotatable bonds is 11. The minimum atomic E-state index is -0.163. The second-order valence-corrected chi connectivity index (χ2v) is 4.65. The van der Waals surface area contributed by atoms with Gasteiger partial charge in [-0.15, -0.1) is 0 Å². The van der Waals surface area contributed by atoms with E-state index in [1.165, 1.54) is 0 Å². The highest BCUT2D eigenvalue weighted by molar-refractivity contribution is 5.76. The Labute approximate surface area is 118 Å². The SMILES string of the molecule is CCN(CC)CCCN(CC)C(=O)CC(CN)OC. The Kier molecular flexibility index (Phi) is 10.8. The first-order valence-corrected chi connectivity index (χ1v) is 7.35. The molecule has 0 aliphatic rings. The summed E-state index contributed by atoms with van der Waals surface area (Å²) < 4.78 is 5.16. The van der Waals surface area contributed by atoms with Gasteiger partial charge in [0.1, 0.15) is 0 Å². The van der Waals surface area contributed by atoms with Crippen LogP contribution in [0.5, 0.6) is 0 Å². The third kappa shape index (κ3) is 7.50. The van der Waals surface area contributed by atoms with Gasteiger partial charge in [-0.05, 0) is 33.0 Å². The van der Waals surface area contributed by atoms with Crippen molar-refractivity contribution in [2.45, 2.75) is 39.7 Å². The van der Waals surface area contributed by atoms with Crippen molar-refractivity contribution < 1.29 is 9.53 Å². The zero-order valence-electron chi connectivity index (χ0n) is 13.0. The summed E-state index contributed by atoms with van der Waals surface area (Å²) in [6.07, 6.45) is 1.23. The van der Waals surface area contributed by atoms with Crippen LogP contribution in [0.3, 0.4) is 0 Å². The van der Waals surface area contributed by atoms with Crippen molar-refractivity contribution in [3.63, 3.8) is 0 Å². The molecule has 1 amide bonds. The molecule has 1 unspecified atom stereocenters. The number of nitrogens with two attached hydrogens (primary N) is 1. The zero-order valence-corrected chi connectivity index (χ0v) is 13.0. The van der Waals surface area contributed by atoms with Crippen molar-refractivity contribution in [3.8, 4) is 0 Å². The van der Waals surface area contributed by atoms with Gasteiger partial charge in [-0.3, -0.25) is 4.79 Å². The first-order valence-electron chi connectivity index (χ1n) is 7.35. The summed E-state index contributed by atoms with van der Waals surface area (Å²) in [4.78, 5) is 16.4. The van der Waals surface area contributed by atoms with E-state index in [-0.39, 0.29) is 12.0 Å². The van der Waals surface area contributed by atoms with Crippen molar-refractivity contribution in [1.29, 1.82) is 0 Å². The zero-order chi connectivity index (χ0) is 14.7. The monoisotopic (exact) mass is 273 g/mol. The fourth-order valence-electron chi connectivity index (χ4n) is 2.07. The molecule has 0 bridgehead atoms. The molecule has 19 heavy (non-hydrogen) atoms. The van der Waals surface area contributed by atoms with Crippen molar-refractivity contribution in [2.24, 2.45) is 5.73 Å². The summed E-state index contributed by atoms with van der Waals surface area (Å²) >= 11 is 0. The van der Waals surface area contributed by atoms with Crippen LogP contribution in [0.2, 0.25) is 0 Å². The quantitative estimate of drug-likeness (QED) is 0.608. The summed E-state index contributed by atoms with van der Waals surface area (Å²) in [5, 5.41) is 0. The lowest BCUT2D eigenvalue weighted by molar-refractivity contribution is -0.133. The molecule has 5 nitrogen and oxygen atoms in total. The van der Waals surface area contributed by atoms with E-state index in [1.54, 1.807) is 7.11 Å². The average molecular weight is 273 g/mol. The van der Waals surface area contributed by atoms with Gasteiger partial charge in [0, 0.05) is 26.7 Å². The smallest absolute Gasteiger partial charge is 0.225 e. The van der Waals surface area contributed by atoms with E-state index in [0.717, 1.165) is 39.1 Å². The highest BCUT2D eigenvalue weighted by Gasteiger charge is 2.16. The maximum atomic E-state index is 12.1. The van der Waals surface area contributed by atoms with Crippen LogP contribution in [0, 0.1) is 0 Å². The molecule has 0 heterocycles. The molecule has 5 heteroatoms. The molecule has 0 saturated heterocycles. The van der Waals surface area contributed by atoms with E-state index in [9.17, 15) is 4.79 Å². The van der Waals surface area contributed by atoms with Gasteiger partial charge in [-0.1, -0.05) is 13.8 Å². The highest BCUT2D eigenvalue weighted by Crippen LogP contribution is 2.03. The summed E-state index contributed by atoms with van der Waals surface area (Å²) in [5.74, 6) is 0.138. The largest absolute Gasteiger partial charge is 0.380 e. The molecule has 0 aliphatic carbocycles. The molecule has 0 rings (SSSR count). The highest BCUT2D eigenvalue weighted by atomic mass is 16.5. The van der Waals surface area contributed by atoms with E-state index in [0.29, 0.717) is 13.0 Å². The van der Waals surface area contributed by atoms with Crippen LogP contribution in [0.1, 0.15) is 33.6 Å². The predicted octanol–water partition coefficient (Wildman–Crippen LogP) is 0.931. The minimum Gasteiger partial charge on any atom is -0.380 e. The van der Waals surface area contributed by atoms with Crippen LogP contribution in [-0.4, -0.2) is 68.2 Å². The summed E-state index contributed by atoms with van der Waals surface area (Å²) in [7, 11) is 1.60. The normalized spacial score (nSPS) is 12.7. The van der Waals surface area contributed by atoms with Gasteiger partial charge in [-0.2, -0.15) is 0 Å². The molecule has 2 N–H and O–H groups in total. The number of ether oxygens (including phenoxy) is 1. The lowest BCUT2D eigenvalue weighted by Gasteiger charge is -2.25. The molecule has 0 aromatic heterocycles. The number of amides is 1. The summed E-state index contributed by atoms with van der Waals surface area (Å²) in [6, 6.07) is 0. The Morgan fingerprint density at radius 1 is 1.16 bits per heavy atom. The molecule has 0 radical (unpaired) electrons. The fraction of sp³-hybridized carbons (Fsp3) is 0.929. The van der Waals surface area contributed by atoms with Crippen LogP contribution >= 0.6 is 0 Å². The number of carbonyl (C=O) groups is 1. The number of methoxy groups -OCH3 is 1. The number of hydrogen-bond donors (Lipinski definition) is 1. The Balaban J connectivity index is 4.08. The predicted molar refractivity (Wildman–Crippen MR) is 79.1 cm³/mol. The van der Waals surface area contributed by atoms with Crippen LogP contribution in [0.4, 0.5) is 0 Å². The molecular weight excluding hydrogens is 242 g/mol. The second-order valence-electron chi connectivity index (χ2n) is 4.65. The maximum absolute atomic E-state index is 12.1. The number of hydrogen-bond acceptors (Lipinski definition) is 4. The van der Waals surface area contributed by atoms with E-state index >= 15 is 0 Å². The van der Waals surface area contributed by atoms with Crippen LogP contribution < -0.4 is 5.73 Å². The van der Waals surface area contributed by atoms with E-state index in [2.05, 4.69) is 18.7 Å². The Morgan fingerprint density at radius 2 is 1.79 bits per heavy atom. The lowest BCUT2D eigenvalue weighted by atomic mass is 10.2. The van der Waals surface area contributed by atoms with Gasteiger partial charge in [-0.25, -0.2) is 0 Å². The Bertz CT molecular complexity index is 229. The van der Waals surface area contributed by atoms with Crippen LogP contribution in [-0.2, 0) is 9.53 Å². The van der Waals surface area contributed by atoms with E-state index in [1.807, 2.05) is 11.8 Å². The molecule has 0 aromatic rings. The van der Waals surface area contributed by atoms with E-state index < -0.39 is 0 Å². The van der Waals surface area contributed by atoms with Gasteiger partial charge < -0.3 is 20.3 Å². The first-order chi connectivity index (χ1) is 9.12. The topological polar surface area (TPSA) is 58.8 Å². The van der Waals surface area contributed by atoms with E-state index in [4.69, 9.17) is 10.5 Å². The third-order valence-corrected chi connectivity index (χ3v) is 3.53. The summed E-state index contributed by atoms with van der Waals surface area (Å²) in [5.41, 5.74) is 5.55. The van der Waals surface area contributed by atoms with Crippen molar-refractivity contribution in [1.82, 2.24) is 9.80 Å². The first kappa shape index (κ1) is 18.4. The molecule has 1 atom stereocenters. The van der Waals surface area contributed by atoms with Crippen molar-refractivity contribution >= 4 is 5.91 Å². The Morgan fingerprint density at radius 3 is 2.21 bits per heavy atom. The molecule has 0 spiro atoms. The lowest BCUT2D eigenvalue weighted by Crippen LogP contribution is -2.37. The molecule has 0 saturated carbocycles. The van der Waals surface area contributed by atoms with Crippen LogP contribution in [0.25, 0.3) is 0 Å². The maximum Gasteiger partial charge on any atom is 0.225 e. The van der Waals surface area contributed by atoms with Crippen molar-refractivity contribution in [3.05, 3.63) is 0 Å². The third-order valence-electron chi connectivity index (χ3n) is 3.53. The molecule has 0 aliphatic heterocycles. The van der Waals surface area contributed by atoms with Crippen LogP contribution in [0.15, 0.2) is 0 Å². The molecule has 0 aromatic carbocycles. The number of carbonyl (C=O) groups excluding carboxylic acids is 1. The summed E-state index contributed by atoms with van der Waals surface area (Å²) in [6.45, 7) is 11.5. The standard InChI is InChI=1S/C14H31N3O2/c1-5-16(6-2)9-8-10-17(7-3)14(18)11-13(12-15)19-4/h13H,5-12,15H2,1-4H3. The average Bonchev–Trinajstić information content (AvgIpc) is 2.44.